The van der Waals surface area contributed by atoms with Gasteiger partial charge >= 0.3 is 11.4 Å². The molecule has 0 spiro atoms. The number of ether oxygens (including phenoxy) is 2. The van der Waals surface area contributed by atoms with Gasteiger partial charge in [0.25, 0.3) is 0 Å². The molecule has 4 rings (SSSR count). The molecular weight excluding hydrogens is 492 g/mol. The molecule has 0 aromatic carbocycles. The Morgan fingerprint density at radius 2 is 1.21 bits per heavy atom. The van der Waals surface area contributed by atoms with Gasteiger partial charge in [0, 0.05) is 12.4 Å². The number of hydrogen-bond acceptors (Lipinski definition) is 14. The van der Waals surface area contributed by atoms with E-state index in [-0.39, 0.29) is 11.6 Å². The van der Waals surface area contributed by atoms with Crippen molar-refractivity contribution >= 4 is 33.2 Å². The standard InChI is InChI=1S/C18H24N6O8S2/c19-9-1-3-23(17(29)21-9)15-13(11(27)7(5-25)31-15)33-34-14-12(28)8(6-26)32-16(14)24-4-2-10(20)22-18(24)30/h1-4,7-8,11-16,25-28H,5-6H2,(H2,19,21,29)(H2,20,22,30)/t7-,8-,11-,12-,13-,14-,15-,16-/m1/s1. The van der Waals surface area contributed by atoms with Crippen LogP contribution in [0.25, 0.3) is 0 Å². The summed E-state index contributed by atoms with van der Waals surface area (Å²) < 4.78 is 13.7. The molecule has 2 saturated heterocycles. The molecule has 2 aliphatic heterocycles. The van der Waals surface area contributed by atoms with Gasteiger partial charge in [0.1, 0.15) is 23.8 Å². The van der Waals surface area contributed by atoms with Crippen LogP contribution in [0.4, 0.5) is 11.6 Å². The van der Waals surface area contributed by atoms with Crippen molar-refractivity contribution in [3.63, 3.8) is 0 Å². The fraction of sp³-hybridized carbons (Fsp3) is 0.556. The number of anilines is 2. The number of nitrogens with zero attached hydrogens (tertiary/aromatic N) is 4. The summed E-state index contributed by atoms with van der Waals surface area (Å²) in [5.74, 6) is 0.0347. The van der Waals surface area contributed by atoms with Crippen LogP contribution in [0, 0.1) is 0 Å². The van der Waals surface area contributed by atoms with Gasteiger partial charge in [0.15, 0.2) is 12.5 Å². The van der Waals surface area contributed by atoms with Gasteiger partial charge in [-0.3, -0.25) is 9.13 Å². The lowest BCUT2D eigenvalue weighted by molar-refractivity contribution is -0.0456. The van der Waals surface area contributed by atoms with Gasteiger partial charge in [-0.1, -0.05) is 21.6 Å². The molecule has 2 aromatic rings. The van der Waals surface area contributed by atoms with Gasteiger partial charge in [-0.25, -0.2) is 9.59 Å². The summed E-state index contributed by atoms with van der Waals surface area (Å²) in [6.45, 7) is -0.985. The topological polar surface area (TPSA) is 221 Å². The van der Waals surface area contributed by atoms with Crippen molar-refractivity contribution in [2.75, 3.05) is 24.7 Å². The molecule has 0 unspecified atom stereocenters. The second kappa shape index (κ2) is 10.2. The zero-order chi connectivity index (χ0) is 24.6. The van der Waals surface area contributed by atoms with Gasteiger partial charge in [-0.05, 0) is 12.1 Å². The average molecular weight is 517 g/mol. The quantitative estimate of drug-likeness (QED) is 0.206. The van der Waals surface area contributed by atoms with E-state index in [9.17, 15) is 30.0 Å². The van der Waals surface area contributed by atoms with Gasteiger partial charge in [0.05, 0.1) is 35.9 Å². The number of aliphatic hydroxyl groups is 4. The zero-order valence-corrected chi connectivity index (χ0v) is 19.2. The first kappa shape index (κ1) is 24.9. The Labute approximate surface area is 199 Å². The van der Waals surface area contributed by atoms with Crippen molar-refractivity contribution in [3.05, 3.63) is 45.5 Å². The number of nitrogen functional groups attached to an aromatic ring is 2. The van der Waals surface area contributed by atoms with Crippen LogP contribution in [0.15, 0.2) is 34.1 Å². The zero-order valence-electron chi connectivity index (χ0n) is 17.5. The molecule has 2 fully saturated rings. The summed E-state index contributed by atoms with van der Waals surface area (Å²) in [4.78, 5) is 32.1. The molecule has 34 heavy (non-hydrogen) atoms. The molecule has 0 amide bonds. The van der Waals surface area contributed by atoms with Crippen molar-refractivity contribution in [1.82, 2.24) is 19.1 Å². The Balaban J connectivity index is 1.60. The Kier molecular flexibility index (Phi) is 7.48. The first-order chi connectivity index (χ1) is 16.2. The molecule has 16 heteroatoms. The SMILES string of the molecule is Nc1ccn([C@@H]2O[C@H](CO)[C@@H](O)[C@H]2SS[C@@H]2[C@H](O)[C@@H](CO)O[C@H]2n2ccc(N)nc2=O)c(=O)n1. The predicted molar refractivity (Wildman–Crippen MR) is 123 cm³/mol. The molecule has 14 nitrogen and oxygen atoms in total. The number of hydrogen-bond donors (Lipinski definition) is 6. The third-order valence-corrected chi connectivity index (χ3v) is 8.76. The number of aliphatic hydroxyl groups excluding tert-OH is 4. The Hall–Kier alpha value is -2.18. The van der Waals surface area contributed by atoms with Crippen LogP contribution in [-0.4, -0.2) is 87.7 Å². The summed E-state index contributed by atoms with van der Waals surface area (Å²) in [7, 11) is 2.16. The minimum atomic E-state index is -1.18. The second-order valence-electron chi connectivity index (χ2n) is 7.68. The van der Waals surface area contributed by atoms with Crippen molar-refractivity contribution in [2.24, 2.45) is 0 Å². The molecule has 0 bridgehead atoms. The maximum Gasteiger partial charge on any atom is 0.351 e. The maximum absolute atomic E-state index is 12.4. The van der Waals surface area contributed by atoms with Gasteiger partial charge in [-0.15, -0.1) is 0 Å². The summed E-state index contributed by atoms with van der Waals surface area (Å²) >= 11 is 0. The third-order valence-electron chi connectivity index (χ3n) is 5.51. The first-order valence-electron chi connectivity index (χ1n) is 10.2. The van der Waals surface area contributed by atoms with Crippen molar-refractivity contribution in [3.8, 4) is 0 Å². The normalized spacial score (nSPS) is 33.4. The molecular formula is C18H24N6O8S2. The first-order valence-corrected chi connectivity index (χ1v) is 12.4. The van der Waals surface area contributed by atoms with E-state index in [0.29, 0.717) is 0 Å². The summed E-state index contributed by atoms with van der Waals surface area (Å²) in [6.07, 6.45) is -3.55. The smallest absolute Gasteiger partial charge is 0.351 e. The summed E-state index contributed by atoms with van der Waals surface area (Å²) in [5.41, 5.74) is 9.70. The van der Waals surface area contributed by atoms with E-state index in [1.54, 1.807) is 0 Å². The van der Waals surface area contributed by atoms with E-state index in [0.717, 1.165) is 30.7 Å². The lowest BCUT2D eigenvalue weighted by Crippen LogP contribution is -2.36. The van der Waals surface area contributed by atoms with E-state index >= 15 is 0 Å². The van der Waals surface area contributed by atoms with Crippen LogP contribution in [0.2, 0.25) is 0 Å². The molecule has 186 valence electrons. The molecule has 2 aliphatic rings. The number of nitrogens with two attached hydrogens (primary N) is 2. The second-order valence-corrected chi connectivity index (χ2v) is 10.3. The van der Waals surface area contributed by atoms with Crippen LogP contribution in [0.3, 0.4) is 0 Å². The highest BCUT2D eigenvalue weighted by atomic mass is 33.1. The van der Waals surface area contributed by atoms with Crippen molar-refractivity contribution in [2.45, 2.75) is 47.4 Å². The van der Waals surface area contributed by atoms with Crippen LogP contribution in [0.5, 0.6) is 0 Å². The molecule has 8 atom stereocenters. The van der Waals surface area contributed by atoms with Crippen LogP contribution in [0.1, 0.15) is 12.5 Å². The molecule has 0 aliphatic carbocycles. The minimum Gasteiger partial charge on any atom is -0.394 e. The lowest BCUT2D eigenvalue weighted by Gasteiger charge is -2.25. The lowest BCUT2D eigenvalue weighted by atomic mass is 10.2. The van der Waals surface area contributed by atoms with Crippen molar-refractivity contribution < 1.29 is 29.9 Å². The van der Waals surface area contributed by atoms with Gasteiger partial charge in [0.2, 0.25) is 0 Å². The Bertz CT molecular complexity index is 1050. The van der Waals surface area contributed by atoms with Crippen molar-refractivity contribution in [1.29, 1.82) is 0 Å². The minimum absolute atomic E-state index is 0.0174. The molecule has 2 aromatic heterocycles. The molecule has 0 radical (unpaired) electrons. The number of aromatic nitrogens is 4. The summed E-state index contributed by atoms with van der Waals surface area (Å²) in [5, 5.41) is 39.1. The summed E-state index contributed by atoms with van der Waals surface area (Å²) in [6, 6.07) is 2.80. The van der Waals surface area contributed by atoms with Crippen LogP contribution in [-0.2, 0) is 9.47 Å². The average Bonchev–Trinajstić information content (AvgIpc) is 3.28. The van der Waals surface area contributed by atoms with E-state index in [1.807, 2.05) is 0 Å². The third kappa shape index (κ3) is 4.67. The van der Waals surface area contributed by atoms with E-state index < -0.39 is 72.0 Å². The van der Waals surface area contributed by atoms with Crippen LogP contribution >= 0.6 is 21.6 Å². The van der Waals surface area contributed by atoms with E-state index in [4.69, 9.17) is 20.9 Å². The Morgan fingerprint density at radius 3 is 1.53 bits per heavy atom. The molecule has 0 saturated carbocycles. The van der Waals surface area contributed by atoms with Gasteiger partial charge < -0.3 is 41.4 Å². The van der Waals surface area contributed by atoms with Gasteiger partial charge in [-0.2, -0.15) is 9.97 Å². The largest absolute Gasteiger partial charge is 0.394 e. The molecule has 4 heterocycles. The fourth-order valence-corrected chi connectivity index (χ4v) is 7.20. The Morgan fingerprint density at radius 1 is 0.824 bits per heavy atom. The number of rotatable bonds is 7. The predicted octanol–water partition coefficient (Wildman–Crippen LogP) is -2.72. The van der Waals surface area contributed by atoms with E-state index in [1.165, 1.54) is 24.5 Å². The maximum atomic E-state index is 12.4. The van der Waals surface area contributed by atoms with E-state index in [2.05, 4.69) is 9.97 Å². The highest BCUT2D eigenvalue weighted by Crippen LogP contribution is 2.49. The van der Waals surface area contributed by atoms with Crippen LogP contribution < -0.4 is 22.8 Å². The monoisotopic (exact) mass is 516 g/mol. The molecule has 8 N–H and O–H groups in total. The highest BCUT2D eigenvalue weighted by molar-refractivity contribution is 8.77. The fourth-order valence-electron chi connectivity index (χ4n) is 3.76. The highest BCUT2D eigenvalue weighted by Gasteiger charge is 2.49.